The summed E-state index contributed by atoms with van der Waals surface area (Å²) in [5.74, 6) is 0.940. The predicted octanol–water partition coefficient (Wildman–Crippen LogP) is 1.69. The summed E-state index contributed by atoms with van der Waals surface area (Å²) >= 11 is 0. The second-order valence-electron chi connectivity index (χ2n) is 7.31. The molecule has 136 valence electrons. The molecule has 0 bridgehead atoms. The first-order valence-corrected chi connectivity index (χ1v) is 9.30. The fraction of sp³-hybridized carbons (Fsp3) is 0.722. The molecule has 0 atom stereocenters. The van der Waals surface area contributed by atoms with Crippen LogP contribution in [0.4, 0.5) is 5.95 Å². The number of carbonyl (C=O) groups excluding carboxylic acids is 1. The molecular formula is C18H26N4O3. The molecule has 25 heavy (non-hydrogen) atoms. The third-order valence-corrected chi connectivity index (χ3v) is 5.55. The Morgan fingerprint density at radius 1 is 1.16 bits per heavy atom. The van der Waals surface area contributed by atoms with E-state index in [-0.39, 0.29) is 5.91 Å². The van der Waals surface area contributed by atoms with Crippen LogP contribution in [0.15, 0.2) is 12.3 Å². The minimum absolute atomic E-state index is 0.0260. The van der Waals surface area contributed by atoms with Gasteiger partial charge < -0.3 is 19.3 Å². The maximum atomic E-state index is 12.8. The molecule has 0 N–H and O–H groups in total. The lowest BCUT2D eigenvalue weighted by molar-refractivity contribution is -0.181. The molecule has 0 saturated carbocycles. The minimum Gasteiger partial charge on any atom is -0.347 e. The lowest BCUT2D eigenvalue weighted by atomic mass is 10.00. The molecule has 3 aliphatic heterocycles. The van der Waals surface area contributed by atoms with E-state index in [1.807, 2.05) is 4.90 Å². The van der Waals surface area contributed by atoms with Crippen molar-refractivity contribution in [3.8, 4) is 0 Å². The predicted molar refractivity (Wildman–Crippen MR) is 92.4 cm³/mol. The number of anilines is 1. The Labute approximate surface area is 148 Å². The highest BCUT2D eigenvalue weighted by Crippen LogP contribution is 2.31. The number of ether oxygens (including phenoxy) is 2. The summed E-state index contributed by atoms with van der Waals surface area (Å²) < 4.78 is 11.5. The highest BCUT2D eigenvalue weighted by Gasteiger charge is 2.41. The molecule has 7 nitrogen and oxygen atoms in total. The van der Waals surface area contributed by atoms with Gasteiger partial charge >= 0.3 is 0 Å². The van der Waals surface area contributed by atoms with E-state index in [0.717, 1.165) is 44.7 Å². The number of likely N-dealkylation sites (tertiary alicyclic amines) is 1. The van der Waals surface area contributed by atoms with E-state index in [4.69, 9.17) is 9.47 Å². The standard InChI is InChI=1S/C18H26N4O3/c1-14-3-8-22(9-4-14)17-19-7-2-15(20-17)16(23)21-10-5-18(6-11-21)24-12-13-25-18/h2,7,14H,3-6,8-13H2,1H3. The van der Waals surface area contributed by atoms with Crippen molar-refractivity contribution < 1.29 is 14.3 Å². The Bertz CT molecular complexity index is 615. The number of nitrogens with zero attached hydrogens (tertiary/aromatic N) is 4. The minimum atomic E-state index is -0.460. The van der Waals surface area contributed by atoms with Crippen molar-refractivity contribution in [2.24, 2.45) is 5.92 Å². The van der Waals surface area contributed by atoms with Gasteiger partial charge in [0.2, 0.25) is 5.95 Å². The van der Waals surface area contributed by atoms with Crippen molar-refractivity contribution >= 4 is 11.9 Å². The lowest BCUT2D eigenvalue weighted by Gasteiger charge is -2.37. The molecule has 1 aromatic heterocycles. The summed E-state index contributed by atoms with van der Waals surface area (Å²) in [4.78, 5) is 25.8. The zero-order valence-corrected chi connectivity index (χ0v) is 14.8. The fourth-order valence-electron chi connectivity index (χ4n) is 3.83. The van der Waals surface area contributed by atoms with Gasteiger partial charge in [-0.3, -0.25) is 4.79 Å². The van der Waals surface area contributed by atoms with Crippen molar-refractivity contribution in [3.05, 3.63) is 18.0 Å². The Balaban J connectivity index is 1.41. The number of hydrogen-bond acceptors (Lipinski definition) is 6. The summed E-state index contributed by atoms with van der Waals surface area (Å²) in [7, 11) is 0. The molecule has 3 aliphatic rings. The molecule has 0 radical (unpaired) electrons. The van der Waals surface area contributed by atoms with E-state index in [9.17, 15) is 4.79 Å². The second-order valence-corrected chi connectivity index (χ2v) is 7.31. The lowest BCUT2D eigenvalue weighted by Crippen LogP contribution is -2.47. The largest absolute Gasteiger partial charge is 0.347 e. The highest BCUT2D eigenvalue weighted by atomic mass is 16.7. The Kier molecular flexibility index (Phi) is 4.60. The van der Waals surface area contributed by atoms with Gasteiger partial charge in [-0.05, 0) is 24.8 Å². The van der Waals surface area contributed by atoms with Crippen LogP contribution in [0, 0.1) is 5.92 Å². The normalized spacial score (nSPS) is 24.0. The van der Waals surface area contributed by atoms with Crippen molar-refractivity contribution in [1.82, 2.24) is 14.9 Å². The second kappa shape index (κ2) is 6.88. The summed E-state index contributed by atoms with van der Waals surface area (Å²) in [5, 5.41) is 0. The fourth-order valence-corrected chi connectivity index (χ4v) is 3.83. The number of rotatable bonds is 2. The maximum Gasteiger partial charge on any atom is 0.272 e. The van der Waals surface area contributed by atoms with Gasteiger partial charge in [0.05, 0.1) is 13.2 Å². The quantitative estimate of drug-likeness (QED) is 0.812. The third kappa shape index (κ3) is 3.48. The number of piperidine rings is 2. The highest BCUT2D eigenvalue weighted by molar-refractivity contribution is 5.92. The molecule has 1 amide bonds. The van der Waals surface area contributed by atoms with Gasteiger partial charge in [0.1, 0.15) is 5.69 Å². The number of amides is 1. The third-order valence-electron chi connectivity index (χ3n) is 5.55. The molecule has 3 fully saturated rings. The van der Waals surface area contributed by atoms with Gasteiger partial charge in [0, 0.05) is 45.2 Å². The molecule has 4 rings (SSSR count). The summed E-state index contributed by atoms with van der Waals surface area (Å²) in [5.41, 5.74) is 0.479. The average molecular weight is 346 g/mol. The Morgan fingerprint density at radius 2 is 1.84 bits per heavy atom. The van der Waals surface area contributed by atoms with Crippen molar-refractivity contribution in [1.29, 1.82) is 0 Å². The van der Waals surface area contributed by atoms with Gasteiger partial charge in [-0.1, -0.05) is 6.92 Å². The Hall–Kier alpha value is -1.73. The topological polar surface area (TPSA) is 67.8 Å². The van der Waals surface area contributed by atoms with Gasteiger partial charge in [-0.15, -0.1) is 0 Å². The first kappa shape index (κ1) is 16.7. The summed E-state index contributed by atoms with van der Waals surface area (Å²) in [6, 6.07) is 1.71. The van der Waals surface area contributed by atoms with Crippen LogP contribution in [0.25, 0.3) is 0 Å². The molecular weight excluding hydrogens is 320 g/mol. The van der Waals surface area contributed by atoms with Crippen LogP contribution in [0.2, 0.25) is 0 Å². The average Bonchev–Trinajstić information content (AvgIpc) is 3.10. The van der Waals surface area contributed by atoms with E-state index in [1.54, 1.807) is 12.3 Å². The van der Waals surface area contributed by atoms with E-state index in [2.05, 4.69) is 21.8 Å². The molecule has 0 unspecified atom stereocenters. The molecule has 0 aromatic carbocycles. The first-order valence-electron chi connectivity index (χ1n) is 9.30. The van der Waals surface area contributed by atoms with Crippen LogP contribution >= 0.6 is 0 Å². The number of carbonyl (C=O) groups is 1. The van der Waals surface area contributed by atoms with Gasteiger partial charge in [-0.25, -0.2) is 9.97 Å². The van der Waals surface area contributed by atoms with Gasteiger partial charge in [-0.2, -0.15) is 0 Å². The van der Waals surface area contributed by atoms with E-state index < -0.39 is 5.79 Å². The van der Waals surface area contributed by atoms with Crippen LogP contribution < -0.4 is 4.90 Å². The molecule has 0 aliphatic carbocycles. The van der Waals surface area contributed by atoms with Gasteiger partial charge in [0.25, 0.3) is 5.91 Å². The van der Waals surface area contributed by atoms with Crippen LogP contribution in [0.3, 0.4) is 0 Å². The van der Waals surface area contributed by atoms with E-state index in [0.29, 0.717) is 37.9 Å². The van der Waals surface area contributed by atoms with Crippen molar-refractivity contribution in [2.75, 3.05) is 44.3 Å². The number of hydrogen-bond donors (Lipinski definition) is 0. The van der Waals surface area contributed by atoms with Gasteiger partial charge in [0.15, 0.2) is 5.79 Å². The summed E-state index contributed by atoms with van der Waals surface area (Å²) in [6.07, 6.45) is 5.44. The van der Waals surface area contributed by atoms with Crippen molar-refractivity contribution in [3.63, 3.8) is 0 Å². The van der Waals surface area contributed by atoms with E-state index >= 15 is 0 Å². The zero-order chi connectivity index (χ0) is 17.3. The van der Waals surface area contributed by atoms with Crippen LogP contribution in [0.5, 0.6) is 0 Å². The summed E-state index contributed by atoms with van der Waals surface area (Å²) in [6.45, 7) is 6.77. The number of aromatic nitrogens is 2. The van der Waals surface area contributed by atoms with Crippen LogP contribution in [-0.2, 0) is 9.47 Å². The molecule has 1 spiro atoms. The first-order chi connectivity index (χ1) is 12.2. The van der Waals surface area contributed by atoms with Crippen LogP contribution in [0.1, 0.15) is 43.1 Å². The molecule has 1 aromatic rings. The SMILES string of the molecule is CC1CCN(c2nccc(C(=O)N3CCC4(CC3)OCCO4)n2)CC1. The van der Waals surface area contributed by atoms with Crippen molar-refractivity contribution in [2.45, 2.75) is 38.4 Å². The maximum absolute atomic E-state index is 12.8. The molecule has 4 heterocycles. The van der Waals surface area contributed by atoms with E-state index in [1.165, 1.54) is 0 Å². The molecule has 7 heteroatoms. The smallest absolute Gasteiger partial charge is 0.272 e. The molecule has 3 saturated heterocycles. The van der Waals surface area contributed by atoms with Crippen LogP contribution in [-0.4, -0.2) is 66.0 Å². The zero-order valence-electron chi connectivity index (χ0n) is 14.8. The Morgan fingerprint density at radius 3 is 2.52 bits per heavy atom. The monoisotopic (exact) mass is 346 g/mol.